The third kappa shape index (κ3) is 4.01. The van der Waals surface area contributed by atoms with Crippen LogP contribution in [0.4, 0.5) is 0 Å². The third-order valence-electron chi connectivity index (χ3n) is 5.44. The molecule has 124 valence electrons. The molecule has 2 aliphatic carbocycles. The average Bonchev–Trinajstić information content (AvgIpc) is 2.45. The molecule has 21 heavy (non-hydrogen) atoms. The van der Waals surface area contributed by atoms with Crippen molar-refractivity contribution < 1.29 is 8.42 Å². The maximum Gasteiger partial charge on any atom is 0.157 e. The van der Waals surface area contributed by atoms with Gasteiger partial charge in [-0.15, -0.1) is 0 Å². The van der Waals surface area contributed by atoms with Crippen LogP contribution in [0.15, 0.2) is 0 Å². The molecule has 1 N–H and O–H groups in total. The quantitative estimate of drug-likeness (QED) is 0.844. The molecular formula is C17H33NO2S. The topological polar surface area (TPSA) is 46.2 Å². The van der Waals surface area contributed by atoms with E-state index >= 15 is 0 Å². The second-order valence-corrected chi connectivity index (χ2v) is 9.82. The van der Waals surface area contributed by atoms with E-state index in [1.165, 1.54) is 6.42 Å². The molecule has 4 heteroatoms. The predicted molar refractivity (Wildman–Crippen MR) is 89.2 cm³/mol. The SMILES string of the molecule is CCCNC1CC(C)CC(C)C1S(=O)(=O)C1CCCCC1. The minimum atomic E-state index is -3.00. The maximum absolute atomic E-state index is 13.2. The van der Waals surface area contributed by atoms with Gasteiger partial charge in [0.1, 0.15) is 0 Å². The highest BCUT2D eigenvalue weighted by molar-refractivity contribution is 7.92. The predicted octanol–water partition coefficient (Wildman–Crippen LogP) is 3.54. The molecule has 2 aliphatic rings. The standard InChI is InChI=1S/C17H33NO2S/c1-4-10-18-16-12-13(2)11-14(3)17(16)21(19,20)15-8-6-5-7-9-15/h13-18H,4-12H2,1-3H3. The molecule has 2 fully saturated rings. The molecule has 3 nitrogen and oxygen atoms in total. The molecule has 4 unspecified atom stereocenters. The first-order valence-electron chi connectivity index (χ1n) is 8.92. The molecular weight excluding hydrogens is 282 g/mol. The highest BCUT2D eigenvalue weighted by Crippen LogP contribution is 2.37. The molecule has 2 saturated carbocycles. The zero-order valence-corrected chi connectivity index (χ0v) is 14.8. The van der Waals surface area contributed by atoms with Gasteiger partial charge in [-0.1, -0.05) is 40.0 Å². The molecule has 0 bridgehead atoms. The Morgan fingerprint density at radius 2 is 1.71 bits per heavy atom. The summed E-state index contributed by atoms with van der Waals surface area (Å²) in [5.74, 6) is 0.919. The van der Waals surface area contributed by atoms with Crippen molar-refractivity contribution in [3.8, 4) is 0 Å². The van der Waals surface area contributed by atoms with Crippen LogP contribution in [-0.2, 0) is 9.84 Å². The molecule has 4 atom stereocenters. The molecule has 0 amide bonds. The van der Waals surface area contributed by atoms with Crippen molar-refractivity contribution in [1.82, 2.24) is 5.32 Å². The number of sulfone groups is 1. The fraction of sp³-hybridized carbons (Fsp3) is 1.00. The highest BCUT2D eigenvalue weighted by atomic mass is 32.2. The Hall–Kier alpha value is -0.0900. The van der Waals surface area contributed by atoms with Gasteiger partial charge in [-0.3, -0.25) is 0 Å². The second-order valence-electron chi connectivity index (χ2n) is 7.43. The van der Waals surface area contributed by atoms with Gasteiger partial charge >= 0.3 is 0 Å². The lowest BCUT2D eigenvalue weighted by atomic mass is 9.80. The number of hydrogen-bond acceptors (Lipinski definition) is 3. The van der Waals surface area contributed by atoms with Crippen LogP contribution in [0.25, 0.3) is 0 Å². The highest BCUT2D eigenvalue weighted by Gasteiger charge is 2.45. The van der Waals surface area contributed by atoms with Crippen LogP contribution >= 0.6 is 0 Å². The first-order valence-corrected chi connectivity index (χ1v) is 10.5. The zero-order valence-electron chi connectivity index (χ0n) is 14.0. The Bertz CT molecular complexity index is 415. The molecule has 2 rings (SSSR count). The fourth-order valence-corrected chi connectivity index (χ4v) is 7.39. The summed E-state index contributed by atoms with van der Waals surface area (Å²) in [5.41, 5.74) is 0. The summed E-state index contributed by atoms with van der Waals surface area (Å²) in [6, 6.07) is 0.163. The number of rotatable bonds is 5. The summed E-state index contributed by atoms with van der Waals surface area (Å²) < 4.78 is 26.4. The van der Waals surface area contributed by atoms with Crippen molar-refractivity contribution in [3.63, 3.8) is 0 Å². The Balaban J connectivity index is 2.18. The van der Waals surface area contributed by atoms with E-state index in [2.05, 4.69) is 26.1 Å². The molecule has 0 aliphatic heterocycles. The molecule has 0 saturated heterocycles. The molecule has 0 aromatic heterocycles. The van der Waals surface area contributed by atoms with Crippen molar-refractivity contribution >= 4 is 9.84 Å². The fourth-order valence-electron chi connectivity index (χ4n) is 4.53. The van der Waals surface area contributed by atoms with Gasteiger partial charge in [0.15, 0.2) is 9.84 Å². The largest absolute Gasteiger partial charge is 0.313 e. The van der Waals surface area contributed by atoms with Crippen molar-refractivity contribution in [2.45, 2.75) is 88.7 Å². The Morgan fingerprint density at radius 1 is 1.05 bits per heavy atom. The Morgan fingerprint density at radius 3 is 2.33 bits per heavy atom. The third-order valence-corrected chi connectivity index (χ3v) is 8.39. The van der Waals surface area contributed by atoms with E-state index in [9.17, 15) is 8.42 Å². The van der Waals surface area contributed by atoms with Crippen molar-refractivity contribution in [3.05, 3.63) is 0 Å². The van der Waals surface area contributed by atoms with Gasteiger partial charge < -0.3 is 5.32 Å². The van der Waals surface area contributed by atoms with E-state index < -0.39 is 9.84 Å². The van der Waals surface area contributed by atoms with Gasteiger partial charge in [0.05, 0.1) is 10.5 Å². The zero-order chi connectivity index (χ0) is 15.5. The number of nitrogens with one attached hydrogen (secondary N) is 1. The lowest BCUT2D eigenvalue weighted by Gasteiger charge is -2.41. The van der Waals surface area contributed by atoms with Gasteiger partial charge in [0.25, 0.3) is 0 Å². The van der Waals surface area contributed by atoms with Crippen molar-refractivity contribution in [2.75, 3.05) is 6.54 Å². The lowest BCUT2D eigenvalue weighted by Crippen LogP contribution is -2.54. The van der Waals surface area contributed by atoms with Crippen molar-refractivity contribution in [2.24, 2.45) is 11.8 Å². The molecule has 0 aromatic carbocycles. The minimum Gasteiger partial charge on any atom is -0.313 e. The van der Waals surface area contributed by atoms with Crippen molar-refractivity contribution in [1.29, 1.82) is 0 Å². The van der Waals surface area contributed by atoms with E-state index in [0.717, 1.165) is 51.5 Å². The Kier molecular flexibility index (Phi) is 6.13. The number of hydrogen-bond donors (Lipinski definition) is 1. The normalized spacial score (nSPS) is 35.8. The summed E-state index contributed by atoms with van der Waals surface area (Å²) in [6.45, 7) is 7.50. The van der Waals surface area contributed by atoms with Gasteiger partial charge in [0, 0.05) is 6.04 Å². The first kappa shape index (κ1) is 17.3. The van der Waals surface area contributed by atoms with E-state index in [1.54, 1.807) is 0 Å². The molecule has 0 spiro atoms. The van der Waals surface area contributed by atoms with Gasteiger partial charge in [-0.05, 0) is 50.5 Å². The van der Waals surface area contributed by atoms with E-state index in [4.69, 9.17) is 0 Å². The summed E-state index contributed by atoms with van der Waals surface area (Å²) in [6.07, 6.45) is 8.31. The summed E-state index contributed by atoms with van der Waals surface area (Å²) in [4.78, 5) is 0. The van der Waals surface area contributed by atoms with E-state index in [0.29, 0.717) is 5.92 Å². The van der Waals surface area contributed by atoms with Crippen LogP contribution in [0.5, 0.6) is 0 Å². The van der Waals surface area contributed by atoms with Crippen LogP contribution in [0.1, 0.15) is 72.1 Å². The van der Waals surface area contributed by atoms with Gasteiger partial charge in [-0.25, -0.2) is 8.42 Å². The summed E-state index contributed by atoms with van der Waals surface area (Å²) in [7, 11) is -3.00. The van der Waals surface area contributed by atoms with Crippen LogP contribution in [-0.4, -0.2) is 31.5 Å². The monoisotopic (exact) mass is 315 g/mol. The summed E-state index contributed by atoms with van der Waals surface area (Å²) >= 11 is 0. The summed E-state index contributed by atoms with van der Waals surface area (Å²) in [5, 5.41) is 3.31. The smallest absolute Gasteiger partial charge is 0.157 e. The molecule has 0 radical (unpaired) electrons. The van der Waals surface area contributed by atoms with Gasteiger partial charge in [0.2, 0.25) is 0 Å². The molecule has 0 heterocycles. The van der Waals surface area contributed by atoms with Gasteiger partial charge in [-0.2, -0.15) is 0 Å². The second kappa shape index (κ2) is 7.45. The van der Waals surface area contributed by atoms with Crippen LogP contribution in [0.2, 0.25) is 0 Å². The lowest BCUT2D eigenvalue weighted by molar-refractivity contribution is 0.240. The minimum absolute atomic E-state index is 0.0713. The molecule has 0 aromatic rings. The van der Waals surface area contributed by atoms with Crippen LogP contribution < -0.4 is 5.32 Å². The average molecular weight is 316 g/mol. The van der Waals surface area contributed by atoms with Crippen LogP contribution in [0, 0.1) is 11.8 Å². The first-order chi connectivity index (χ1) is 9.96. The Labute approximate surface area is 131 Å². The van der Waals surface area contributed by atoms with E-state index in [-0.39, 0.29) is 22.5 Å². The van der Waals surface area contributed by atoms with E-state index in [1.807, 2.05) is 0 Å². The van der Waals surface area contributed by atoms with Crippen LogP contribution in [0.3, 0.4) is 0 Å². The maximum atomic E-state index is 13.2.